The fourth-order valence-electron chi connectivity index (χ4n) is 3.53. The number of fused-ring (bicyclic) bond motifs is 3. The Morgan fingerprint density at radius 2 is 1.90 bits per heavy atom. The molecule has 1 aliphatic carbocycles. The van der Waals surface area contributed by atoms with Crippen LogP contribution in [0, 0.1) is 5.82 Å². The lowest BCUT2D eigenvalue weighted by Crippen LogP contribution is -2.21. The quantitative estimate of drug-likeness (QED) is 0.511. The summed E-state index contributed by atoms with van der Waals surface area (Å²) in [6, 6.07) is 9.76. The molecule has 30 heavy (non-hydrogen) atoms. The first-order valence-corrected chi connectivity index (χ1v) is 9.52. The van der Waals surface area contributed by atoms with Crippen molar-refractivity contribution in [2.75, 3.05) is 19.5 Å². The zero-order chi connectivity index (χ0) is 21.4. The van der Waals surface area contributed by atoms with Gasteiger partial charge in [-0.15, -0.1) is 4.68 Å². The molecule has 0 amide bonds. The number of hydrogen-bond acceptors (Lipinski definition) is 6. The number of carbonyl (C=O) groups is 1. The second-order valence-corrected chi connectivity index (χ2v) is 7.20. The van der Waals surface area contributed by atoms with Crippen LogP contribution in [0.25, 0.3) is 11.3 Å². The number of benzene rings is 2. The summed E-state index contributed by atoms with van der Waals surface area (Å²) < 4.78 is 31.1. The van der Waals surface area contributed by atoms with E-state index in [-0.39, 0.29) is 11.9 Å². The molecule has 156 valence electrons. The first kappa shape index (κ1) is 19.8. The number of rotatable bonds is 5. The van der Waals surface area contributed by atoms with Crippen molar-refractivity contribution in [2.45, 2.75) is 26.4 Å². The predicted molar refractivity (Wildman–Crippen MR) is 110 cm³/mol. The molecule has 2 aromatic carbocycles. The van der Waals surface area contributed by atoms with Gasteiger partial charge in [0.05, 0.1) is 26.0 Å². The van der Waals surface area contributed by atoms with Gasteiger partial charge in [-0.2, -0.15) is 5.10 Å². The van der Waals surface area contributed by atoms with Crippen LogP contribution < -0.4 is 14.8 Å². The second-order valence-electron chi connectivity index (χ2n) is 7.20. The third kappa shape index (κ3) is 3.45. The van der Waals surface area contributed by atoms with Crippen LogP contribution in [0.2, 0.25) is 0 Å². The molecule has 8 heteroatoms. The van der Waals surface area contributed by atoms with Crippen LogP contribution >= 0.6 is 0 Å². The van der Waals surface area contributed by atoms with Gasteiger partial charge >= 0.3 is 6.09 Å². The van der Waals surface area contributed by atoms with Gasteiger partial charge < -0.3 is 19.5 Å². The maximum Gasteiger partial charge on any atom is 0.436 e. The van der Waals surface area contributed by atoms with E-state index >= 15 is 0 Å². The number of ether oxygens (including phenoxy) is 3. The van der Waals surface area contributed by atoms with Gasteiger partial charge in [-0.1, -0.05) is 6.07 Å². The van der Waals surface area contributed by atoms with Crippen LogP contribution in [0.3, 0.4) is 0 Å². The first-order chi connectivity index (χ1) is 14.4. The number of aromatic nitrogens is 2. The van der Waals surface area contributed by atoms with E-state index in [1.165, 1.54) is 16.8 Å². The topological polar surface area (TPSA) is 74.6 Å². The summed E-state index contributed by atoms with van der Waals surface area (Å²) in [5.41, 5.74) is 3.80. The van der Waals surface area contributed by atoms with E-state index in [1.807, 2.05) is 12.1 Å². The minimum atomic E-state index is -0.611. The highest BCUT2D eigenvalue weighted by atomic mass is 19.1. The molecule has 1 N–H and O–H groups in total. The Hall–Kier alpha value is -3.55. The zero-order valence-electron chi connectivity index (χ0n) is 17.2. The van der Waals surface area contributed by atoms with E-state index < -0.39 is 6.09 Å². The van der Waals surface area contributed by atoms with Gasteiger partial charge in [0.25, 0.3) is 0 Å². The maximum absolute atomic E-state index is 13.7. The minimum absolute atomic E-state index is 0.310. The Morgan fingerprint density at radius 1 is 1.17 bits per heavy atom. The molecule has 0 spiro atoms. The Morgan fingerprint density at radius 3 is 2.57 bits per heavy atom. The first-order valence-electron chi connectivity index (χ1n) is 9.52. The van der Waals surface area contributed by atoms with Crippen LogP contribution in [-0.4, -0.2) is 36.2 Å². The van der Waals surface area contributed by atoms with Gasteiger partial charge in [0.2, 0.25) is 0 Å². The third-order valence-electron chi connectivity index (χ3n) is 4.81. The standard InChI is InChI=1S/C22H22FN3O4/c1-12(2)30-22(27)26-21(24-15-7-5-6-14(23)10-15)17-8-13-9-18(28-3)19(29-4)11-16(13)20(17)25-26/h5-7,9-12,24H,8H2,1-4H3. The summed E-state index contributed by atoms with van der Waals surface area (Å²) in [6.07, 6.45) is -0.395. The molecule has 0 bridgehead atoms. The van der Waals surface area contributed by atoms with Crippen LogP contribution in [-0.2, 0) is 11.2 Å². The fourth-order valence-corrected chi connectivity index (χ4v) is 3.53. The van der Waals surface area contributed by atoms with Crippen LogP contribution in [0.5, 0.6) is 11.5 Å². The third-order valence-corrected chi connectivity index (χ3v) is 4.81. The summed E-state index contributed by atoms with van der Waals surface area (Å²) in [4.78, 5) is 12.7. The molecular weight excluding hydrogens is 389 g/mol. The normalized spacial score (nSPS) is 11.8. The average Bonchev–Trinajstić information content (AvgIpc) is 3.22. The van der Waals surface area contributed by atoms with Crippen LogP contribution in [0.4, 0.5) is 20.7 Å². The van der Waals surface area contributed by atoms with Crippen molar-refractivity contribution in [1.29, 1.82) is 0 Å². The Balaban J connectivity index is 1.83. The minimum Gasteiger partial charge on any atom is -0.493 e. The fraction of sp³-hybridized carbons (Fsp3) is 0.273. The van der Waals surface area contributed by atoms with Gasteiger partial charge in [0.1, 0.15) is 11.6 Å². The van der Waals surface area contributed by atoms with Gasteiger partial charge in [-0.25, -0.2) is 9.18 Å². The van der Waals surface area contributed by atoms with Crippen molar-refractivity contribution < 1.29 is 23.4 Å². The largest absolute Gasteiger partial charge is 0.493 e. The lowest BCUT2D eigenvalue weighted by Gasteiger charge is -2.13. The van der Waals surface area contributed by atoms with E-state index in [0.717, 1.165) is 16.7 Å². The van der Waals surface area contributed by atoms with Crippen LogP contribution in [0.15, 0.2) is 36.4 Å². The molecule has 1 aromatic heterocycles. The Bertz CT molecular complexity index is 1120. The number of carbonyl (C=O) groups excluding carboxylic acids is 1. The van der Waals surface area contributed by atoms with Crippen LogP contribution in [0.1, 0.15) is 25.0 Å². The van der Waals surface area contributed by atoms with Gasteiger partial charge in [0, 0.05) is 23.2 Å². The molecule has 7 nitrogen and oxygen atoms in total. The number of nitrogens with one attached hydrogen (secondary N) is 1. The zero-order valence-corrected chi connectivity index (χ0v) is 17.2. The Labute approximate surface area is 173 Å². The lowest BCUT2D eigenvalue weighted by molar-refractivity contribution is 0.114. The summed E-state index contributed by atoms with van der Waals surface area (Å²) in [5, 5.41) is 7.66. The predicted octanol–water partition coefficient (Wildman–Crippen LogP) is 4.75. The number of nitrogens with zero attached hydrogens (tertiary/aromatic N) is 2. The van der Waals surface area contributed by atoms with Crippen molar-refractivity contribution in [1.82, 2.24) is 9.78 Å². The van der Waals surface area contributed by atoms with Crippen molar-refractivity contribution in [3.63, 3.8) is 0 Å². The van der Waals surface area contributed by atoms with Crippen molar-refractivity contribution in [3.8, 4) is 22.8 Å². The van der Waals surface area contributed by atoms with Crippen molar-refractivity contribution in [3.05, 3.63) is 53.3 Å². The highest BCUT2D eigenvalue weighted by Gasteiger charge is 2.31. The van der Waals surface area contributed by atoms with E-state index in [9.17, 15) is 9.18 Å². The van der Waals surface area contributed by atoms with Gasteiger partial charge in [-0.3, -0.25) is 0 Å². The van der Waals surface area contributed by atoms with Gasteiger partial charge in [0.15, 0.2) is 11.5 Å². The monoisotopic (exact) mass is 411 g/mol. The summed E-state index contributed by atoms with van der Waals surface area (Å²) in [5.74, 6) is 1.25. The highest BCUT2D eigenvalue weighted by Crippen LogP contribution is 2.45. The Kier molecular flexibility index (Phi) is 5.07. The molecule has 0 radical (unpaired) electrons. The molecule has 0 atom stereocenters. The number of anilines is 2. The molecule has 3 aromatic rings. The van der Waals surface area contributed by atoms with Gasteiger partial charge in [-0.05, 0) is 49.7 Å². The summed E-state index contributed by atoms with van der Waals surface area (Å²) in [7, 11) is 3.15. The number of hydrogen-bond donors (Lipinski definition) is 1. The molecular formula is C22H22FN3O4. The van der Waals surface area contributed by atoms with E-state index in [0.29, 0.717) is 35.1 Å². The second kappa shape index (κ2) is 7.70. The van der Waals surface area contributed by atoms with Crippen molar-refractivity contribution >= 4 is 17.6 Å². The summed E-state index contributed by atoms with van der Waals surface area (Å²) >= 11 is 0. The smallest absolute Gasteiger partial charge is 0.436 e. The molecule has 1 heterocycles. The number of methoxy groups -OCH3 is 2. The summed E-state index contributed by atoms with van der Waals surface area (Å²) in [6.45, 7) is 3.53. The molecule has 0 fully saturated rings. The highest BCUT2D eigenvalue weighted by molar-refractivity contribution is 5.86. The SMILES string of the molecule is COc1cc2c(cc1OC)-c1nn(C(=O)OC(C)C)c(Nc3cccc(F)c3)c1C2. The molecule has 1 aliphatic rings. The molecule has 0 aliphatic heterocycles. The lowest BCUT2D eigenvalue weighted by atomic mass is 10.1. The molecule has 0 saturated carbocycles. The number of halogens is 1. The average molecular weight is 411 g/mol. The molecule has 0 unspecified atom stereocenters. The molecule has 0 saturated heterocycles. The van der Waals surface area contributed by atoms with E-state index in [4.69, 9.17) is 14.2 Å². The van der Waals surface area contributed by atoms with E-state index in [1.54, 1.807) is 40.2 Å². The maximum atomic E-state index is 13.7. The van der Waals surface area contributed by atoms with E-state index in [2.05, 4.69) is 10.4 Å². The van der Waals surface area contributed by atoms with Crippen molar-refractivity contribution in [2.24, 2.45) is 0 Å². The molecule has 4 rings (SSSR count).